The van der Waals surface area contributed by atoms with Crippen LogP contribution in [0.2, 0.25) is 0 Å². The molecular formula is C28H33FO5. The Balaban J connectivity index is 1.62. The van der Waals surface area contributed by atoms with Gasteiger partial charge in [0.1, 0.15) is 5.82 Å². The molecule has 3 aromatic rings. The normalized spacial score (nSPS) is 13.1. The lowest BCUT2D eigenvalue weighted by atomic mass is 10.00. The quantitative estimate of drug-likeness (QED) is 0.323. The number of aliphatic hydroxyl groups is 2. The molecule has 3 aromatic carbocycles. The minimum absolute atomic E-state index is 0.172. The maximum Gasteiger partial charge on any atom is 0.129 e. The molecule has 0 saturated carbocycles. The minimum Gasteiger partial charge on any atom is -0.392 e. The highest BCUT2D eigenvalue weighted by molar-refractivity contribution is 5.34. The Labute approximate surface area is 200 Å². The summed E-state index contributed by atoms with van der Waals surface area (Å²) < 4.78 is 32.1. The van der Waals surface area contributed by atoms with Crippen molar-refractivity contribution in [2.45, 2.75) is 52.0 Å². The van der Waals surface area contributed by atoms with Crippen molar-refractivity contribution >= 4 is 0 Å². The van der Waals surface area contributed by atoms with E-state index in [1.54, 1.807) is 6.07 Å². The number of halogens is 1. The first-order valence-corrected chi connectivity index (χ1v) is 11.5. The molecule has 6 heteroatoms. The number of rotatable bonds is 14. The Morgan fingerprint density at radius 2 is 1.38 bits per heavy atom. The van der Waals surface area contributed by atoms with Crippen molar-refractivity contribution in [3.63, 3.8) is 0 Å². The van der Waals surface area contributed by atoms with Gasteiger partial charge in [0.05, 0.1) is 45.2 Å². The summed E-state index contributed by atoms with van der Waals surface area (Å²) in [7, 11) is 0. The highest BCUT2D eigenvalue weighted by Gasteiger charge is 2.20. The van der Waals surface area contributed by atoms with E-state index >= 15 is 0 Å². The molecule has 0 radical (unpaired) electrons. The molecule has 0 amide bonds. The van der Waals surface area contributed by atoms with Gasteiger partial charge in [-0.05, 0) is 47.7 Å². The van der Waals surface area contributed by atoms with E-state index in [0.29, 0.717) is 44.0 Å². The molecule has 0 aromatic heterocycles. The van der Waals surface area contributed by atoms with Crippen LogP contribution < -0.4 is 0 Å². The maximum absolute atomic E-state index is 14.1. The van der Waals surface area contributed by atoms with E-state index < -0.39 is 18.5 Å². The first-order valence-electron chi connectivity index (χ1n) is 11.5. The molecule has 0 saturated heterocycles. The van der Waals surface area contributed by atoms with E-state index in [9.17, 15) is 14.6 Å². The average molecular weight is 469 g/mol. The molecule has 2 N–H and O–H groups in total. The minimum atomic E-state index is -0.542. The SMILES string of the molecule is CC(O[C@@H](CCOCc1ccccc1)COCc1ccccc1)c1cc(CO)c(F)cc1CO. The number of benzene rings is 3. The highest BCUT2D eigenvalue weighted by atomic mass is 19.1. The lowest BCUT2D eigenvalue weighted by Crippen LogP contribution is -2.24. The summed E-state index contributed by atoms with van der Waals surface area (Å²) in [6.07, 6.45) is -0.106. The molecule has 0 heterocycles. The van der Waals surface area contributed by atoms with Gasteiger partial charge in [0.25, 0.3) is 0 Å². The van der Waals surface area contributed by atoms with Gasteiger partial charge < -0.3 is 24.4 Å². The lowest BCUT2D eigenvalue weighted by molar-refractivity contribution is -0.0698. The highest BCUT2D eigenvalue weighted by Crippen LogP contribution is 2.27. The molecule has 182 valence electrons. The smallest absolute Gasteiger partial charge is 0.129 e. The van der Waals surface area contributed by atoms with Crippen molar-refractivity contribution in [1.82, 2.24) is 0 Å². The summed E-state index contributed by atoms with van der Waals surface area (Å²) in [4.78, 5) is 0. The van der Waals surface area contributed by atoms with E-state index in [1.807, 2.05) is 67.6 Å². The third kappa shape index (κ3) is 8.01. The van der Waals surface area contributed by atoms with Gasteiger partial charge in [-0.1, -0.05) is 60.7 Å². The van der Waals surface area contributed by atoms with Gasteiger partial charge in [0.15, 0.2) is 0 Å². The van der Waals surface area contributed by atoms with Crippen molar-refractivity contribution < 1.29 is 28.8 Å². The Hall–Kier alpha value is -2.61. The van der Waals surface area contributed by atoms with Crippen LogP contribution in [0.15, 0.2) is 72.8 Å². The zero-order valence-electron chi connectivity index (χ0n) is 19.5. The molecule has 0 bridgehead atoms. The van der Waals surface area contributed by atoms with Crippen molar-refractivity contribution in [3.05, 3.63) is 106 Å². The van der Waals surface area contributed by atoms with Crippen LogP contribution in [0.5, 0.6) is 0 Å². The van der Waals surface area contributed by atoms with Crippen LogP contribution in [-0.2, 0) is 40.6 Å². The molecule has 0 aliphatic rings. The molecular weight excluding hydrogens is 435 g/mol. The largest absolute Gasteiger partial charge is 0.392 e. The first-order chi connectivity index (χ1) is 16.6. The number of hydrogen-bond acceptors (Lipinski definition) is 5. The number of aliphatic hydroxyl groups excluding tert-OH is 2. The summed E-state index contributed by atoms with van der Waals surface area (Å²) in [6.45, 7) is 2.93. The second-order valence-electron chi connectivity index (χ2n) is 8.19. The van der Waals surface area contributed by atoms with Crippen LogP contribution in [0.25, 0.3) is 0 Å². The van der Waals surface area contributed by atoms with Crippen LogP contribution in [0.3, 0.4) is 0 Å². The van der Waals surface area contributed by atoms with Crippen molar-refractivity contribution in [1.29, 1.82) is 0 Å². The predicted molar refractivity (Wildman–Crippen MR) is 128 cm³/mol. The summed E-state index contributed by atoms with van der Waals surface area (Å²) in [6, 6.07) is 22.7. The van der Waals surface area contributed by atoms with Crippen LogP contribution in [0, 0.1) is 5.82 Å². The number of ether oxygens (including phenoxy) is 3. The van der Waals surface area contributed by atoms with Gasteiger partial charge in [-0.2, -0.15) is 0 Å². The van der Waals surface area contributed by atoms with E-state index in [-0.39, 0.29) is 18.3 Å². The monoisotopic (exact) mass is 468 g/mol. The van der Waals surface area contributed by atoms with Gasteiger partial charge in [-0.3, -0.25) is 0 Å². The molecule has 0 aliphatic heterocycles. The van der Waals surface area contributed by atoms with Crippen molar-refractivity contribution in [2.24, 2.45) is 0 Å². The Morgan fingerprint density at radius 3 is 1.97 bits per heavy atom. The molecule has 3 rings (SSSR count). The zero-order valence-corrected chi connectivity index (χ0v) is 19.5. The van der Waals surface area contributed by atoms with Crippen LogP contribution in [0.4, 0.5) is 4.39 Å². The Bertz CT molecular complexity index is 981. The summed E-state index contributed by atoms with van der Waals surface area (Å²) in [5.41, 5.74) is 3.43. The molecule has 5 nitrogen and oxygen atoms in total. The van der Waals surface area contributed by atoms with Gasteiger partial charge in [0.2, 0.25) is 0 Å². The maximum atomic E-state index is 14.1. The van der Waals surface area contributed by atoms with Crippen molar-refractivity contribution in [2.75, 3.05) is 13.2 Å². The fourth-order valence-corrected chi connectivity index (χ4v) is 3.73. The molecule has 0 fully saturated rings. The van der Waals surface area contributed by atoms with Crippen LogP contribution in [-0.4, -0.2) is 29.5 Å². The second kappa shape index (κ2) is 13.9. The van der Waals surface area contributed by atoms with Crippen molar-refractivity contribution in [3.8, 4) is 0 Å². The third-order valence-corrected chi connectivity index (χ3v) is 5.59. The van der Waals surface area contributed by atoms with Crippen LogP contribution >= 0.6 is 0 Å². The van der Waals surface area contributed by atoms with Gasteiger partial charge >= 0.3 is 0 Å². The first kappa shape index (κ1) is 26.0. The second-order valence-corrected chi connectivity index (χ2v) is 8.19. The third-order valence-electron chi connectivity index (χ3n) is 5.59. The van der Waals surface area contributed by atoms with Gasteiger partial charge in [-0.15, -0.1) is 0 Å². The lowest BCUT2D eigenvalue weighted by Gasteiger charge is -2.25. The van der Waals surface area contributed by atoms with Gasteiger partial charge in [-0.25, -0.2) is 4.39 Å². The van der Waals surface area contributed by atoms with E-state index in [0.717, 1.165) is 11.1 Å². The summed E-state index contributed by atoms with van der Waals surface area (Å²) in [5, 5.41) is 19.2. The Kier molecular flexibility index (Phi) is 10.7. The molecule has 1 unspecified atom stereocenters. The fraction of sp³-hybridized carbons (Fsp3) is 0.357. The standard InChI is InChI=1S/C28H33FO5/c1-21(27-14-25(17-31)28(29)15-24(27)16-30)34-26(20-33-19-23-10-6-3-7-11-23)12-13-32-18-22-8-4-2-5-9-22/h2-11,14-15,21,26,30-31H,12-13,16-20H2,1H3/t21?,26-/m0/s1. The Morgan fingerprint density at radius 1 is 0.794 bits per heavy atom. The molecule has 0 aliphatic carbocycles. The summed E-state index contributed by atoms with van der Waals surface area (Å²) in [5.74, 6) is -0.542. The predicted octanol–water partition coefficient (Wildman–Crippen LogP) is 5.08. The summed E-state index contributed by atoms with van der Waals surface area (Å²) >= 11 is 0. The molecule has 2 atom stereocenters. The fourth-order valence-electron chi connectivity index (χ4n) is 3.73. The molecule has 34 heavy (non-hydrogen) atoms. The average Bonchev–Trinajstić information content (AvgIpc) is 2.87. The van der Waals surface area contributed by atoms with E-state index in [2.05, 4.69) is 0 Å². The molecule has 0 spiro atoms. The zero-order chi connectivity index (χ0) is 24.2. The van der Waals surface area contributed by atoms with E-state index in [1.165, 1.54) is 6.07 Å². The topological polar surface area (TPSA) is 68.2 Å². The van der Waals surface area contributed by atoms with Crippen LogP contribution in [0.1, 0.15) is 47.3 Å². The number of hydrogen-bond donors (Lipinski definition) is 2. The van der Waals surface area contributed by atoms with E-state index in [4.69, 9.17) is 14.2 Å². The van der Waals surface area contributed by atoms with Gasteiger partial charge in [0, 0.05) is 12.2 Å².